The molecule has 0 N–H and O–H groups in total. The minimum absolute atomic E-state index is 1.32. The van der Waals surface area contributed by atoms with Gasteiger partial charge in [0.05, 0.1) is 26.7 Å². The normalized spacial score (nSPS) is 21.8. The van der Waals surface area contributed by atoms with Crippen molar-refractivity contribution in [2.24, 2.45) is 0 Å². The van der Waals surface area contributed by atoms with Gasteiger partial charge in [-0.05, 0) is 19.4 Å². The van der Waals surface area contributed by atoms with Crippen molar-refractivity contribution in [2.45, 2.75) is 39.5 Å². The fraction of sp³-hybridized carbons (Fsp3) is 1.00. The first-order valence-corrected chi connectivity index (χ1v) is 6.76. The van der Waals surface area contributed by atoms with E-state index in [2.05, 4.69) is 25.8 Å². The lowest BCUT2D eigenvalue weighted by atomic mass is 10.2. The van der Waals surface area contributed by atoms with Crippen molar-refractivity contribution in [3.8, 4) is 0 Å². The van der Waals surface area contributed by atoms with Crippen molar-refractivity contribution in [1.82, 2.24) is 4.90 Å². The third-order valence-corrected chi connectivity index (χ3v) is 3.79. The molecular weight excluding hydrogens is 184 g/mol. The SMILES string of the molecule is CCCCN1CC[N+](C)(CCCC)CC1. The molecule has 0 spiro atoms. The van der Waals surface area contributed by atoms with Gasteiger partial charge in [-0.3, -0.25) is 4.90 Å². The zero-order valence-electron chi connectivity index (χ0n) is 11.0. The van der Waals surface area contributed by atoms with Gasteiger partial charge in [0, 0.05) is 13.1 Å². The highest BCUT2D eigenvalue weighted by molar-refractivity contribution is 4.63. The third kappa shape index (κ3) is 4.52. The number of unbranched alkanes of at least 4 members (excludes halogenated alkanes) is 2. The number of hydrogen-bond donors (Lipinski definition) is 0. The van der Waals surface area contributed by atoms with Crippen LogP contribution in [0.3, 0.4) is 0 Å². The highest BCUT2D eigenvalue weighted by Crippen LogP contribution is 2.12. The van der Waals surface area contributed by atoms with Crippen LogP contribution in [0.25, 0.3) is 0 Å². The minimum Gasteiger partial charge on any atom is -0.324 e. The molecule has 1 heterocycles. The molecule has 1 saturated heterocycles. The smallest absolute Gasteiger partial charge is 0.0914 e. The largest absolute Gasteiger partial charge is 0.324 e. The van der Waals surface area contributed by atoms with Crippen LogP contribution in [0.4, 0.5) is 0 Å². The Morgan fingerprint density at radius 3 is 2.13 bits per heavy atom. The Balaban J connectivity index is 2.21. The highest BCUT2D eigenvalue weighted by Gasteiger charge is 2.27. The Bertz CT molecular complexity index is 160. The molecule has 0 aromatic heterocycles. The summed E-state index contributed by atoms with van der Waals surface area (Å²) in [7, 11) is 2.44. The molecule has 0 unspecified atom stereocenters. The first-order valence-electron chi connectivity index (χ1n) is 6.76. The van der Waals surface area contributed by atoms with E-state index in [0.29, 0.717) is 0 Å². The summed E-state index contributed by atoms with van der Waals surface area (Å²) in [4.78, 5) is 2.65. The summed E-state index contributed by atoms with van der Waals surface area (Å²) in [5.41, 5.74) is 0. The first kappa shape index (κ1) is 13.0. The van der Waals surface area contributed by atoms with Crippen molar-refractivity contribution in [3.05, 3.63) is 0 Å². The Kier molecular flexibility index (Phi) is 5.62. The number of hydrogen-bond acceptors (Lipinski definition) is 1. The van der Waals surface area contributed by atoms with E-state index < -0.39 is 0 Å². The molecule has 15 heavy (non-hydrogen) atoms. The standard InChI is InChI=1S/C13H29N2/c1-4-6-8-14-9-12-15(3,13-10-14)11-7-5-2/h4-13H2,1-3H3/q+1. The highest BCUT2D eigenvalue weighted by atomic mass is 15.4. The van der Waals surface area contributed by atoms with E-state index in [4.69, 9.17) is 0 Å². The van der Waals surface area contributed by atoms with Crippen LogP contribution >= 0.6 is 0 Å². The van der Waals surface area contributed by atoms with Crippen LogP contribution in [-0.2, 0) is 0 Å². The maximum Gasteiger partial charge on any atom is 0.0914 e. The van der Waals surface area contributed by atoms with Crippen LogP contribution in [0.5, 0.6) is 0 Å². The lowest BCUT2D eigenvalue weighted by molar-refractivity contribution is -0.913. The third-order valence-electron chi connectivity index (χ3n) is 3.79. The Labute approximate surface area is 95.8 Å². The number of rotatable bonds is 6. The number of likely N-dealkylation sites (N-methyl/N-ethyl adjacent to an activating group) is 1. The van der Waals surface area contributed by atoms with Crippen LogP contribution < -0.4 is 0 Å². The van der Waals surface area contributed by atoms with Crippen molar-refractivity contribution in [1.29, 1.82) is 0 Å². The number of nitrogens with zero attached hydrogens (tertiary/aromatic N) is 2. The summed E-state index contributed by atoms with van der Waals surface area (Å²) in [6, 6.07) is 0. The molecule has 2 heteroatoms. The summed E-state index contributed by atoms with van der Waals surface area (Å²) in [5, 5.41) is 0. The van der Waals surface area contributed by atoms with Crippen LogP contribution in [-0.4, -0.2) is 55.7 Å². The maximum atomic E-state index is 2.65. The van der Waals surface area contributed by atoms with Crippen molar-refractivity contribution >= 4 is 0 Å². The fourth-order valence-electron chi connectivity index (χ4n) is 2.36. The van der Waals surface area contributed by atoms with Gasteiger partial charge in [0.2, 0.25) is 0 Å². The van der Waals surface area contributed by atoms with Crippen molar-refractivity contribution in [2.75, 3.05) is 46.3 Å². The van der Waals surface area contributed by atoms with Gasteiger partial charge in [-0.1, -0.05) is 26.7 Å². The lowest BCUT2D eigenvalue weighted by Crippen LogP contribution is -2.57. The van der Waals surface area contributed by atoms with E-state index in [1.165, 1.54) is 69.4 Å². The van der Waals surface area contributed by atoms with E-state index in [9.17, 15) is 0 Å². The predicted octanol–water partition coefficient (Wildman–Crippen LogP) is 2.35. The molecule has 0 bridgehead atoms. The molecule has 2 nitrogen and oxygen atoms in total. The zero-order chi connectivity index (χ0) is 11.1. The molecule has 1 aliphatic heterocycles. The average molecular weight is 213 g/mol. The Morgan fingerprint density at radius 2 is 1.60 bits per heavy atom. The molecule has 0 atom stereocenters. The maximum absolute atomic E-state index is 2.65. The average Bonchev–Trinajstić information content (AvgIpc) is 2.26. The van der Waals surface area contributed by atoms with E-state index >= 15 is 0 Å². The predicted molar refractivity (Wildman–Crippen MR) is 67.0 cm³/mol. The Morgan fingerprint density at radius 1 is 1.00 bits per heavy atom. The second kappa shape index (κ2) is 6.49. The minimum atomic E-state index is 1.32. The van der Waals surface area contributed by atoms with Gasteiger partial charge in [-0.2, -0.15) is 0 Å². The summed E-state index contributed by atoms with van der Waals surface area (Å²) in [5.74, 6) is 0. The quantitative estimate of drug-likeness (QED) is 0.612. The molecule has 0 radical (unpaired) electrons. The lowest BCUT2D eigenvalue weighted by Gasteiger charge is -2.42. The number of piperazine rings is 1. The van der Waals surface area contributed by atoms with Crippen LogP contribution in [0.1, 0.15) is 39.5 Å². The molecule has 0 aromatic rings. The van der Waals surface area contributed by atoms with E-state index in [1.807, 2.05) is 0 Å². The van der Waals surface area contributed by atoms with Crippen LogP contribution in [0, 0.1) is 0 Å². The van der Waals surface area contributed by atoms with E-state index in [1.54, 1.807) is 0 Å². The molecule has 1 fully saturated rings. The molecular formula is C13H29N2+. The summed E-state index contributed by atoms with van der Waals surface area (Å²) in [6.45, 7) is 12.7. The molecule has 1 aliphatic rings. The van der Waals surface area contributed by atoms with Crippen LogP contribution in [0.15, 0.2) is 0 Å². The fourth-order valence-corrected chi connectivity index (χ4v) is 2.36. The summed E-state index contributed by atoms with van der Waals surface area (Å²) in [6.07, 6.45) is 5.44. The van der Waals surface area contributed by atoms with Gasteiger partial charge in [0.15, 0.2) is 0 Å². The van der Waals surface area contributed by atoms with E-state index in [0.717, 1.165) is 0 Å². The molecule has 0 amide bonds. The molecule has 90 valence electrons. The molecule has 0 aromatic carbocycles. The summed E-state index contributed by atoms with van der Waals surface area (Å²) >= 11 is 0. The van der Waals surface area contributed by atoms with E-state index in [-0.39, 0.29) is 0 Å². The topological polar surface area (TPSA) is 3.24 Å². The Hall–Kier alpha value is -0.0800. The molecule has 0 aliphatic carbocycles. The molecule has 1 rings (SSSR count). The second-order valence-electron chi connectivity index (χ2n) is 5.34. The van der Waals surface area contributed by atoms with Gasteiger partial charge in [-0.15, -0.1) is 0 Å². The van der Waals surface area contributed by atoms with Crippen molar-refractivity contribution in [3.63, 3.8) is 0 Å². The van der Waals surface area contributed by atoms with Gasteiger partial charge < -0.3 is 4.48 Å². The van der Waals surface area contributed by atoms with Crippen molar-refractivity contribution < 1.29 is 4.48 Å². The monoisotopic (exact) mass is 213 g/mol. The zero-order valence-corrected chi connectivity index (χ0v) is 11.0. The summed E-state index contributed by atoms with van der Waals surface area (Å²) < 4.78 is 1.32. The number of quaternary nitrogens is 1. The second-order valence-corrected chi connectivity index (χ2v) is 5.34. The van der Waals surface area contributed by atoms with Crippen LogP contribution in [0.2, 0.25) is 0 Å². The van der Waals surface area contributed by atoms with Gasteiger partial charge in [0.25, 0.3) is 0 Å². The van der Waals surface area contributed by atoms with Gasteiger partial charge in [-0.25, -0.2) is 0 Å². The van der Waals surface area contributed by atoms with Gasteiger partial charge in [0.1, 0.15) is 0 Å². The first-order chi connectivity index (χ1) is 7.20. The molecule has 0 saturated carbocycles. The van der Waals surface area contributed by atoms with Gasteiger partial charge >= 0.3 is 0 Å².